The first-order chi connectivity index (χ1) is 25.8. The summed E-state index contributed by atoms with van der Waals surface area (Å²) in [5, 5.41) is 13.6. The third kappa shape index (κ3) is 24.2. The number of benzene rings is 4. The van der Waals surface area contributed by atoms with E-state index in [1.807, 2.05) is 12.1 Å². The number of alkyl halides is 1. The van der Waals surface area contributed by atoms with Gasteiger partial charge in [-0.2, -0.15) is 0 Å². The summed E-state index contributed by atoms with van der Waals surface area (Å²) in [6, 6.07) is 35.5. The molecule has 0 bridgehead atoms. The zero-order valence-electron chi connectivity index (χ0n) is 33.1. The van der Waals surface area contributed by atoms with Gasteiger partial charge in [-0.15, -0.1) is 0 Å². The fraction of sp³-hybridized carbons (Fsp3) is 0.386. The summed E-state index contributed by atoms with van der Waals surface area (Å²) in [6.45, 7) is 4.85. The Morgan fingerprint density at radius 1 is 0.768 bits per heavy atom. The topological polar surface area (TPSA) is 98.8 Å². The van der Waals surface area contributed by atoms with Crippen LogP contribution in [0, 0.1) is 11.8 Å². The maximum absolute atomic E-state index is 12.4. The Bertz CT molecular complexity index is 1610. The SMILES string of the molecule is C.O=C(CBr)c1ccc(Cl)cc1.O=C(CN1CCCC(CCc2ccccc2)C1)c1ccc(Cl)cc1.O=CO[O-].[H-].[K+].[K+].c1ccc(CCC2CCCNC2)cc1. The average molecular weight is 921 g/mol. The third-order valence-corrected chi connectivity index (χ3v) is 10.2. The summed E-state index contributed by atoms with van der Waals surface area (Å²) in [5.41, 5.74) is 4.34. The molecule has 2 heterocycles. The molecule has 7 nitrogen and oxygen atoms in total. The van der Waals surface area contributed by atoms with E-state index < -0.39 is 0 Å². The van der Waals surface area contributed by atoms with Crippen molar-refractivity contribution in [3.63, 3.8) is 0 Å². The van der Waals surface area contributed by atoms with E-state index in [1.165, 1.54) is 69.2 Å². The fourth-order valence-electron chi connectivity index (χ4n) is 6.37. The number of halogens is 3. The number of hydrogen-bond acceptors (Lipinski definition) is 7. The van der Waals surface area contributed by atoms with Crippen LogP contribution in [0.3, 0.4) is 0 Å². The normalized spacial score (nSPS) is 15.7. The molecule has 294 valence electrons. The van der Waals surface area contributed by atoms with Crippen molar-refractivity contribution in [2.24, 2.45) is 11.8 Å². The Balaban J connectivity index is 0. The fourth-order valence-corrected chi connectivity index (χ4v) is 6.95. The van der Waals surface area contributed by atoms with Crippen LogP contribution in [0.15, 0.2) is 109 Å². The Kier molecular flexibility index (Phi) is 34.5. The largest absolute Gasteiger partial charge is 1.00 e. The molecule has 0 aliphatic carbocycles. The van der Waals surface area contributed by atoms with Crippen LogP contribution in [0.5, 0.6) is 0 Å². The summed E-state index contributed by atoms with van der Waals surface area (Å²) in [7, 11) is 0. The van der Waals surface area contributed by atoms with Crippen molar-refractivity contribution in [3.8, 4) is 0 Å². The number of Topliss-reactive ketones (excluding diaryl/α,β-unsaturated/α-hetero) is 2. The van der Waals surface area contributed by atoms with Crippen molar-refractivity contribution in [2.45, 2.75) is 58.8 Å². The number of nitrogens with one attached hydrogen (secondary N) is 1. The predicted molar refractivity (Wildman–Crippen MR) is 225 cm³/mol. The van der Waals surface area contributed by atoms with Gasteiger partial charge in [0.05, 0.1) is 11.9 Å². The Labute approximate surface area is 439 Å². The summed E-state index contributed by atoms with van der Waals surface area (Å²) < 4.78 is 0. The number of aryl methyl sites for hydroxylation is 2. The van der Waals surface area contributed by atoms with Crippen LogP contribution >= 0.6 is 39.1 Å². The van der Waals surface area contributed by atoms with Gasteiger partial charge in [-0.3, -0.25) is 19.3 Å². The molecule has 4 aromatic rings. The molecule has 0 aromatic heterocycles. The number of hydrogen-bond donors (Lipinski definition) is 1. The van der Waals surface area contributed by atoms with Crippen molar-refractivity contribution in [1.29, 1.82) is 0 Å². The molecule has 2 aliphatic heterocycles. The van der Waals surface area contributed by atoms with Crippen molar-refractivity contribution in [2.75, 3.05) is 38.1 Å². The molecule has 0 radical (unpaired) electrons. The van der Waals surface area contributed by atoms with E-state index in [4.69, 9.17) is 33.3 Å². The summed E-state index contributed by atoms with van der Waals surface area (Å²) >= 11 is 14.6. The summed E-state index contributed by atoms with van der Waals surface area (Å²) in [6.07, 6.45) is 10.2. The number of nitrogens with zero attached hydrogens (tertiary/aromatic N) is 1. The van der Waals surface area contributed by atoms with Crippen LogP contribution < -0.4 is 113 Å². The van der Waals surface area contributed by atoms with E-state index in [0.29, 0.717) is 33.4 Å². The molecule has 6 rings (SSSR count). The number of rotatable bonds is 12. The second-order valence-electron chi connectivity index (χ2n) is 13.2. The number of likely N-dealkylation sites (tertiary alicyclic amines) is 1. The maximum atomic E-state index is 12.4. The van der Waals surface area contributed by atoms with Gasteiger partial charge in [-0.05, 0) is 142 Å². The van der Waals surface area contributed by atoms with Crippen molar-refractivity contribution >= 4 is 57.2 Å². The Morgan fingerprint density at radius 2 is 1.23 bits per heavy atom. The molecule has 4 aromatic carbocycles. The Hall–Kier alpha value is -0.0973. The first-order valence-electron chi connectivity index (χ1n) is 18.2. The van der Waals surface area contributed by atoms with Crippen LogP contribution in [0.2, 0.25) is 10.0 Å². The molecule has 2 atom stereocenters. The van der Waals surface area contributed by atoms with E-state index in [1.54, 1.807) is 36.4 Å². The van der Waals surface area contributed by atoms with Gasteiger partial charge in [0.15, 0.2) is 11.6 Å². The molecule has 56 heavy (non-hydrogen) atoms. The van der Waals surface area contributed by atoms with Crippen LogP contribution in [0.4, 0.5) is 0 Å². The second-order valence-corrected chi connectivity index (χ2v) is 14.6. The van der Waals surface area contributed by atoms with Gasteiger partial charge in [0.1, 0.15) is 0 Å². The minimum Gasteiger partial charge on any atom is -1.00 e. The standard InChI is InChI=1S/C21H24ClNO.C13H19N.C8H6BrClO.CH2O3.CH4.2K.H/c22-20-12-10-19(11-13-20)21(24)16-23-14-4-7-18(15-23)9-8-17-5-2-1-3-6-17;1-2-5-12(6-3-1)8-9-13-7-4-10-14-11-13;9-5-8(11)6-1-3-7(10)4-2-6;2-1-4-3;;;;/h1-3,5-6,10-13,18H,4,7-9,14-16H2;1-3,5-6,13-14H,4,7-11H2;1-4H,5H2;1,3H;1H4;;;/q;;;;;2*+1;-1/p-1. The summed E-state index contributed by atoms with van der Waals surface area (Å²) in [4.78, 5) is 37.0. The zero-order valence-corrected chi connectivity index (χ0v) is 41.5. The van der Waals surface area contributed by atoms with E-state index in [2.05, 4.69) is 91.7 Å². The van der Waals surface area contributed by atoms with Gasteiger partial charge >= 0.3 is 103 Å². The van der Waals surface area contributed by atoms with Crippen LogP contribution in [0.1, 0.15) is 79.2 Å². The van der Waals surface area contributed by atoms with Crippen molar-refractivity contribution in [1.82, 2.24) is 10.2 Å². The summed E-state index contributed by atoms with van der Waals surface area (Å²) in [5.74, 6) is 1.86. The minimum atomic E-state index is -0.181. The minimum absolute atomic E-state index is 0. The first-order valence-corrected chi connectivity index (χ1v) is 20.1. The van der Waals surface area contributed by atoms with Gasteiger partial charge in [-0.1, -0.05) is 107 Å². The van der Waals surface area contributed by atoms with Crippen LogP contribution in [-0.2, 0) is 22.5 Å². The molecule has 2 unspecified atom stereocenters. The van der Waals surface area contributed by atoms with Gasteiger partial charge in [-0.25, -0.2) is 0 Å². The average Bonchev–Trinajstić information content (AvgIpc) is 3.21. The van der Waals surface area contributed by atoms with Crippen LogP contribution in [0.25, 0.3) is 0 Å². The monoisotopic (exact) mass is 918 g/mol. The van der Waals surface area contributed by atoms with E-state index in [0.717, 1.165) is 31.0 Å². The molecule has 2 aliphatic rings. The molecule has 0 amide bonds. The number of carbonyl (C=O) groups excluding carboxylic acids is 3. The van der Waals surface area contributed by atoms with Gasteiger partial charge < -0.3 is 16.9 Å². The molecule has 0 spiro atoms. The Morgan fingerprint density at radius 3 is 1.68 bits per heavy atom. The van der Waals surface area contributed by atoms with Crippen molar-refractivity contribution in [3.05, 3.63) is 141 Å². The number of piperidine rings is 2. The van der Waals surface area contributed by atoms with Gasteiger partial charge in [0.2, 0.25) is 0 Å². The predicted octanol–water partition coefficient (Wildman–Crippen LogP) is 3.60. The number of ketones is 2. The zero-order chi connectivity index (χ0) is 38.1. The van der Waals surface area contributed by atoms with E-state index >= 15 is 0 Å². The number of carbonyl (C=O) groups is 3. The smallest absolute Gasteiger partial charge is 1.00 e. The maximum Gasteiger partial charge on any atom is 1.00 e. The molecule has 0 saturated carbocycles. The second kappa shape index (κ2) is 34.6. The molecular weight excluding hydrogens is 865 g/mol. The first kappa shape index (κ1) is 55.9. The van der Waals surface area contributed by atoms with Crippen LogP contribution in [-0.4, -0.2) is 61.0 Å². The molecule has 2 fully saturated rings. The third-order valence-electron chi connectivity index (χ3n) is 9.23. The van der Waals surface area contributed by atoms with E-state index in [9.17, 15) is 9.59 Å². The molecular formula is C44H55BrCl2K2N2O5. The van der Waals surface area contributed by atoms with Gasteiger partial charge in [0, 0.05) is 27.7 Å². The van der Waals surface area contributed by atoms with Gasteiger partial charge in [0.25, 0.3) is 6.47 Å². The molecule has 12 heteroatoms. The molecule has 1 N–H and O–H groups in total. The van der Waals surface area contributed by atoms with E-state index in [-0.39, 0.29) is 130 Å². The van der Waals surface area contributed by atoms with Crippen molar-refractivity contribution < 1.29 is 129 Å². The molecule has 2 saturated heterocycles. The quantitative estimate of drug-likeness (QED) is 0.0580.